The Bertz CT molecular complexity index is 1110. The van der Waals surface area contributed by atoms with Gasteiger partial charge < -0.3 is 4.74 Å². The molecule has 1 aliphatic rings. The van der Waals surface area contributed by atoms with Crippen molar-refractivity contribution in [2.45, 2.75) is 38.2 Å². The maximum absolute atomic E-state index is 5.99. The Labute approximate surface area is 176 Å². The first-order chi connectivity index (χ1) is 14.7. The molecule has 2 aromatic heterocycles. The predicted octanol–water partition coefficient (Wildman–Crippen LogP) is 5.02. The van der Waals surface area contributed by atoms with Crippen LogP contribution in [-0.2, 0) is 12.0 Å². The molecule has 0 bridgehead atoms. The van der Waals surface area contributed by atoms with Gasteiger partial charge in [-0.2, -0.15) is 5.10 Å². The molecule has 150 valence electrons. The van der Waals surface area contributed by atoms with Crippen molar-refractivity contribution in [3.8, 4) is 11.7 Å². The minimum absolute atomic E-state index is 0.150. The molecule has 0 spiro atoms. The van der Waals surface area contributed by atoms with Crippen molar-refractivity contribution in [1.29, 1.82) is 0 Å². The van der Waals surface area contributed by atoms with Gasteiger partial charge in [-0.05, 0) is 55.2 Å². The summed E-state index contributed by atoms with van der Waals surface area (Å²) in [5, 5.41) is 4.17. The first-order valence-electron chi connectivity index (χ1n) is 10.4. The average Bonchev–Trinajstić information content (AvgIpc) is 3.29. The number of benzene rings is 2. The van der Waals surface area contributed by atoms with Crippen molar-refractivity contribution < 1.29 is 4.74 Å². The molecule has 0 unspecified atom stereocenters. The van der Waals surface area contributed by atoms with Crippen LogP contribution in [0.1, 0.15) is 41.6 Å². The van der Waals surface area contributed by atoms with E-state index >= 15 is 0 Å². The van der Waals surface area contributed by atoms with Crippen LogP contribution in [-0.4, -0.2) is 19.7 Å². The van der Waals surface area contributed by atoms with Crippen LogP contribution in [0.2, 0.25) is 0 Å². The van der Waals surface area contributed by atoms with Crippen LogP contribution in [0.5, 0.6) is 5.75 Å². The molecule has 1 aliphatic carbocycles. The second-order valence-corrected chi connectivity index (χ2v) is 7.91. The van der Waals surface area contributed by atoms with Crippen molar-refractivity contribution in [3.63, 3.8) is 0 Å². The van der Waals surface area contributed by atoms with Crippen molar-refractivity contribution >= 4 is 0 Å². The molecule has 0 aliphatic heterocycles. The molecule has 5 nitrogen and oxygen atoms in total. The minimum Gasteiger partial charge on any atom is -0.487 e. The van der Waals surface area contributed by atoms with E-state index in [-0.39, 0.29) is 5.41 Å². The van der Waals surface area contributed by atoms with Crippen molar-refractivity contribution in [3.05, 3.63) is 102 Å². The van der Waals surface area contributed by atoms with Crippen LogP contribution >= 0.6 is 0 Å². The quantitative estimate of drug-likeness (QED) is 0.459. The van der Waals surface area contributed by atoms with Crippen LogP contribution in [0.15, 0.2) is 79.3 Å². The van der Waals surface area contributed by atoms with Crippen LogP contribution in [0.3, 0.4) is 0 Å². The number of aryl methyl sites for hydroxylation is 1. The number of nitrogens with zero attached hydrogens (tertiary/aromatic N) is 4. The number of hydrogen-bond acceptors (Lipinski definition) is 4. The summed E-state index contributed by atoms with van der Waals surface area (Å²) in [6.07, 6.45) is 8.94. The van der Waals surface area contributed by atoms with Gasteiger partial charge in [0.25, 0.3) is 5.95 Å². The highest BCUT2D eigenvalue weighted by atomic mass is 16.5. The molecule has 5 heteroatoms. The molecule has 4 aromatic rings. The fourth-order valence-electron chi connectivity index (χ4n) is 4.14. The van der Waals surface area contributed by atoms with Crippen LogP contribution < -0.4 is 4.74 Å². The number of rotatable bonds is 6. The minimum atomic E-state index is 0.150. The van der Waals surface area contributed by atoms with Gasteiger partial charge in [-0.25, -0.2) is 14.6 Å². The van der Waals surface area contributed by atoms with E-state index in [4.69, 9.17) is 4.74 Å². The second kappa shape index (κ2) is 7.75. The average molecular weight is 396 g/mol. The van der Waals surface area contributed by atoms with Gasteiger partial charge in [-0.15, -0.1) is 0 Å². The lowest BCUT2D eigenvalue weighted by Crippen LogP contribution is -2.35. The summed E-state index contributed by atoms with van der Waals surface area (Å²) in [6.45, 7) is 2.53. The Balaban J connectivity index is 1.30. The van der Waals surface area contributed by atoms with Gasteiger partial charge in [-0.1, -0.05) is 48.4 Å². The van der Waals surface area contributed by atoms with Crippen molar-refractivity contribution in [1.82, 2.24) is 19.7 Å². The Hall–Kier alpha value is -3.47. The monoisotopic (exact) mass is 396 g/mol. The van der Waals surface area contributed by atoms with E-state index in [0.717, 1.165) is 11.4 Å². The van der Waals surface area contributed by atoms with Gasteiger partial charge in [0.2, 0.25) is 0 Å². The fraction of sp³-hybridized carbons (Fsp3) is 0.240. The van der Waals surface area contributed by atoms with Gasteiger partial charge >= 0.3 is 0 Å². The SMILES string of the molecule is Cc1ccc(C2(c3ccc(OCc4ccnc(-n5cccn5)n4)cc3)CCC2)cc1. The fourth-order valence-corrected chi connectivity index (χ4v) is 4.14. The van der Waals surface area contributed by atoms with E-state index in [1.54, 1.807) is 17.1 Å². The van der Waals surface area contributed by atoms with E-state index in [1.807, 2.05) is 18.3 Å². The zero-order valence-electron chi connectivity index (χ0n) is 17.0. The van der Waals surface area contributed by atoms with Crippen LogP contribution in [0, 0.1) is 6.92 Å². The summed E-state index contributed by atoms with van der Waals surface area (Å²) in [5.41, 5.74) is 5.05. The predicted molar refractivity (Wildman–Crippen MR) is 116 cm³/mol. The largest absolute Gasteiger partial charge is 0.487 e. The van der Waals surface area contributed by atoms with E-state index in [0.29, 0.717) is 12.6 Å². The molecule has 0 saturated heterocycles. The maximum Gasteiger partial charge on any atom is 0.250 e. The molecule has 0 N–H and O–H groups in total. The third kappa shape index (κ3) is 3.47. The Morgan fingerprint density at radius 2 is 1.67 bits per heavy atom. The second-order valence-electron chi connectivity index (χ2n) is 7.91. The van der Waals surface area contributed by atoms with E-state index in [9.17, 15) is 0 Å². The molecule has 0 amide bonds. The maximum atomic E-state index is 5.99. The van der Waals surface area contributed by atoms with E-state index < -0.39 is 0 Å². The lowest BCUT2D eigenvalue weighted by atomic mass is 9.60. The molecule has 2 heterocycles. The van der Waals surface area contributed by atoms with E-state index in [1.165, 1.54) is 36.0 Å². The summed E-state index contributed by atoms with van der Waals surface area (Å²) in [7, 11) is 0. The van der Waals surface area contributed by atoms with Crippen LogP contribution in [0.4, 0.5) is 0 Å². The Morgan fingerprint density at radius 3 is 2.30 bits per heavy atom. The molecule has 1 fully saturated rings. The van der Waals surface area contributed by atoms with E-state index in [2.05, 4.69) is 70.5 Å². The normalized spacial score (nSPS) is 14.8. The summed E-state index contributed by atoms with van der Waals surface area (Å²) < 4.78 is 7.63. The Kier molecular flexibility index (Phi) is 4.79. The zero-order chi connectivity index (χ0) is 20.4. The lowest BCUT2D eigenvalue weighted by Gasteiger charge is -2.43. The molecular weight excluding hydrogens is 372 g/mol. The molecule has 0 radical (unpaired) electrons. The first kappa shape index (κ1) is 18.6. The Morgan fingerprint density at radius 1 is 0.933 bits per heavy atom. The van der Waals surface area contributed by atoms with Crippen molar-refractivity contribution in [2.24, 2.45) is 0 Å². The topological polar surface area (TPSA) is 52.8 Å². The highest BCUT2D eigenvalue weighted by molar-refractivity contribution is 5.44. The third-order valence-electron chi connectivity index (χ3n) is 6.01. The highest BCUT2D eigenvalue weighted by Gasteiger charge is 2.40. The number of aromatic nitrogens is 4. The van der Waals surface area contributed by atoms with Gasteiger partial charge in [0.1, 0.15) is 12.4 Å². The molecule has 2 aromatic carbocycles. The van der Waals surface area contributed by atoms with Crippen LogP contribution in [0.25, 0.3) is 5.95 Å². The molecular formula is C25H24N4O. The van der Waals surface area contributed by atoms with Gasteiger partial charge in [-0.3, -0.25) is 0 Å². The van der Waals surface area contributed by atoms with Gasteiger partial charge in [0.15, 0.2) is 0 Å². The molecule has 1 saturated carbocycles. The third-order valence-corrected chi connectivity index (χ3v) is 6.01. The standard InChI is InChI=1S/C25H24N4O/c1-19-4-6-20(7-5-19)25(13-2-14-25)21-8-10-23(11-9-21)30-18-22-12-16-26-24(28-22)29-17-3-15-27-29/h3-12,15-17H,2,13-14,18H2,1H3. The van der Waals surface area contributed by atoms with Gasteiger partial charge in [0, 0.05) is 24.0 Å². The summed E-state index contributed by atoms with van der Waals surface area (Å²) in [4.78, 5) is 8.78. The van der Waals surface area contributed by atoms with Crippen molar-refractivity contribution in [2.75, 3.05) is 0 Å². The molecule has 5 rings (SSSR count). The lowest BCUT2D eigenvalue weighted by molar-refractivity contribution is 0.294. The zero-order valence-corrected chi connectivity index (χ0v) is 17.0. The summed E-state index contributed by atoms with van der Waals surface area (Å²) in [6, 6.07) is 21.3. The number of hydrogen-bond donors (Lipinski definition) is 0. The van der Waals surface area contributed by atoms with Gasteiger partial charge in [0.05, 0.1) is 5.69 Å². The molecule has 30 heavy (non-hydrogen) atoms. The first-order valence-corrected chi connectivity index (χ1v) is 10.4. The molecule has 0 atom stereocenters. The summed E-state index contributed by atoms with van der Waals surface area (Å²) >= 11 is 0. The smallest absolute Gasteiger partial charge is 0.250 e. The summed E-state index contributed by atoms with van der Waals surface area (Å²) in [5.74, 6) is 1.39. The number of ether oxygens (including phenoxy) is 1. The highest BCUT2D eigenvalue weighted by Crippen LogP contribution is 2.49.